The van der Waals surface area contributed by atoms with Crippen LogP contribution in [0, 0.1) is 0 Å². The summed E-state index contributed by atoms with van der Waals surface area (Å²) < 4.78 is 11.6. The molecule has 11 heavy (non-hydrogen) atoms. The van der Waals surface area contributed by atoms with Crippen LogP contribution in [0.25, 0.3) is 0 Å². The van der Waals surface area contributed by atoms with E-state index in [1.807, 2.05) is 30.3 Å². The minimum atomic E-state index is -2.11. The number of rotatable bonds is 2. The third-order valence-corrected chi connectivity index (χ3v) is 4.73. The summed E-state index contributed by atoms with van der Waals surface area (Å²) in [5.41, 5.74) is 0. The molecule has 0 aromatic heterocycles. The Kier molecular flexibility index (Phi) is 2.66. The van der Waals surface area contributed by atoms with Crippen LogP contribution in [0.4, 0.5) is 0 Å². The van der Waals surface area contributed by atoms with Crippen LogP contribution in [-0.2, 0) is 7.86 Å². The standard InChI is InChI=1S/C8H8OSSe/c1-2-10(9,11)8-6-4-3-5-7-8/h2-7H,1H2. The van der Waals surface area contributed by atoms with Crippen LogP contribution < -0.4 is 0 Å². The predicted octanol–water partition coefficient (Wildman–Crippen LogP) is 1.56. The van der Waals surface area contributed by atoms with Gasteiger partial charge in [-0.1, -0.05) is 0 Å². The molecule has 0 aliphatic carbocycles. The quantitative estimate of drug-likeness (QED) is 0.706. The van der Waals surface area contributed by atoms with E-state index in [1.54, 1.807) is 0 Å². The molecule has 1 unspecified atom stereocenters. The summed E-state index contributed by atoms with van der Waals surface area (Å²) in [5, 5.41) is 1.45. The number of hydrogen-bond acceptors (Lipinski definition) is 1. The van der Waals surface area contributed by atoms with Crippen molar-refractivity contribution in [2.24, 2.45) is 0 Å². The van der Waals surface area contributed by atoms with Crippen LogP contribution in [-0.4, -0.2) is 18.6 Å². The van der Waals surface area contributed by atoms with Gasteiger partial charge < -0.3 is 0 Å². The summed E-state index contributed by atoms with van der Waals surface area (Å²) >= 11 is 2.63. The van der Waals surface area contributed by atoms with Gasteiger partial charge in [-0.15, -0.1) is 0 Å². The number of hydrogen-bond donors (Lipinski definition) is 0. The Morgan fingerprint density at radius 3 is 2.36 bits per heavy atom. The summed E-state index contributed by atoms with van der Waals surface area (Å²) in [6, 6.07) is 9.24. The summed E-state index contributed by atoms with van der Waals surface area (Å²) in [6.07, 6.45) is 0. The molecule has 0 heterocycles. The zero-order valence-electron chi connectivity index (χ0n) is 5.90. The normalized spacial score (nSPS) is 15.3. The maximum atomic E-state index is 11.6. The zero-order valence-corrected chi connectivity index (χ0v) is 8.43. The minimum absolute atomic E-state index is 0.787. The van der Waals surface area contributed by atoms with Gasteiger partial charge in [0, 0.05) is 0 Å². The van der Waals surface area contributed by atoms with E-state index in [2.05, 4.69) is 21.0 Å². The molecule has 0 aliphatic rings. The summed E-state index contributed by atoms with van der Waals surface area (Å²) in [6.45, 7) is 3.50. The molecule has 0 spiro atoms. The molecule has 0 radical (unpaired) electrons. The van der Waals surface area contributed by atoms with Gasteiger partial charge in [-0.2, -0.15) is 0 Å². The van der Waals surface area contributed by atoms with Gasteiger partial charge in [-0.25, -0.2) is 0 Å². The van der Waals surface area contributed by atoms with E-state index in [9.17, 15) is 4.21 Å². The van der Waals surface area contributed by atoms with Crippen molar-refractivity contribution in [3.8, 4) is 0 Å². The molecular weight excluding hydrogens is 223 g/mol. The van der Waals surface area contributed by atoms with Crippen LogP contribution >= 0.6 is 0 Å². The summed E-state index contributed by atoms with van der Waals surface area (Å²) in [5.74, 6) is 0. The molecule has 0 amide bonds. The molecule has 1 aromatic carbocycles. The molecule has 1 rings (SSSR count). The van der Waals surface area contributed by atoms with E-state index in [4.69, 9.17) is 0 Å². The van der Waals surface area contributed by atoms with Gasteiger partial charge in [0.1, 0.15) is 0 Å². The third-order valence-electron chi connectivity index (χ3n) is 1.29. The van der Waals surface area contributed by atoms with Crippen LogP contribution in [0.1, 0.15) is 0 Å². The van der Waals surface area contributed by atoms with Gasteiger partial charge in [-0.3, -0.25) is 0 Å². The fraction of sp³-hybridized carbons (Fsp3) is 0. The zero-order chi connectivity index (χ0) is 8.32. The SMILES string of the molecule is C=CS(=O)(=[Se])c1ccccc1. The summed E-state index contributed by atoms with van der Waals surface area (Å²) in [7, 11) is -2.11. The van der Waals surface area contributed by atoms with Gasteiger partial charge in [0.2, 0.25) is 0 Å². The number of benzene rings is 1. The fourth-order valence-electron chi connectivity index (χ4n) is 0.706. The van der Waals surface area contributed by atoms with Crippen molar-refractivity contribution in [1.82, 2.24) is 0 Å². The molecule has 58 valence electrons. The van der Waals surface area contributed by atoms with Crippen molar-refractivity contribution in [1.29, 1.82) is 0 Å². The molecule has 1 atom stereocenters. The van der Waals surface area contributed by atoms with E-state index in [0.29, 0.717) is 0 Å². The average molecular weight is 231 g/mol. The van der Waals surface area contributed by atoms with Gasteiger partial charge in [-0.05, 0) is 0 Å². The first-order valence-corrected chi connectivity index (χ1v) is 6.74. The molecule has 0 bridgehead atoms. The van der Waals surface area contributed by atoms with E-state index in [-0.39, 0.29) is 0 Å². The Morgan fingerprint density at radius 1 is 1.36 bits per heavy atom. The van der Waals surface area contributed by atoms with E-state index < -0.39 is 7.86 Å². The van der Waals surface area contributed by atoms with E-state index >= 15 is 0 Å². The first-order chi connectivity index (χ1) is 5.17. The van der Waals surface area contributed by atoms with Gasteiger partial charge in [0.05, 0.1) is 0 Å². The van der Waals surface area contributed by atoms with E-state index in [0.717, 1.165) is 4.90 Å². The topological polar surface area (TPSA) is 17.1 Å². The average Bonchev–Trinajstić information content (AvgIpc) is 2.06. The van der Waals surface area contributed by atoms with Crippen LogP contribution in [0.3, 0.4) is 0 Å². The van der Waals surface area contributed by atoms with Gasteiger partial charge in [0.25, 0.3) is 0 Å². The molecule has 0 saturated heterocycles. The molecule has 1 nitrogen and oxygen atoms in total. The Balaban J connectivity index is 3.24. The Morgan fingerprint density at radius 2 is 1.91 bits per heavy atom. The van der Waals surface area contributed by atoms with Crippen molar-refractivity contribution in [2.75, 3.05) is 0 Å². The van der Waals surface area contributed by atoms with Crippen molar-refractivity contribution in [3.05, 3.63) is 42.3 Å². The molecule has 0 saturated carbocycles. The van der Waals surface area contributed by atoms with Gasteiger partial charge in [0.15, 0.2) is 0 Å². The van der Waals surface area contributed by atoms with Crippen molar-refractivity contribution in [2.45, 2.75) is 4.90 Å². The molecular formula is C8H8OSSe. The Bertz CT molecular complexity index is 340. The summed E-state index contributed by atoms with van der Waals surface area (Å²) in [4.78, 5) is 0.787. The molecule has 0 fully saturated rings. The fourth-order valence-corrected chi connectivity index (χ4v) is 2.13. The molecule has 0 aliphatic heterocycles. The Hall–Kier alpha value is -0.371. The van der Waals surface area contributed by atoms with E-state index in [1.165, 1.54) is 5.41 Å². The maximum absolute atomic E-state index is 11.6. The van der Waals surface area contributed by atoms with Crippen molar-refractivity contribution >= 4 is 22.2 Å². The van der Waals surface area contributed by atoms with Crippen LogP contribution in [0.5, 0.6) is 0 Å². The monoisotopic (exact) mass is 232 g/mol. The third kappa shape index (κ3) is 2.03. The second kappa shape index (κ2) is 3.35. The molecule has 3 heteroatoms. The van der Waals surface area contributed by atoms with Crippen LogP contribution in [0.2, 0.25) is 0 Å². The first kappa shape index (κ1) is 8.72. The first-order valence-electron chi connectivity index (χ1n) is 3.09. The second-order valence-corrected chi connectivity index (χ2v) is 7.04. The predicted molar refractivity (Wildman–Crippen MR) is 48.8 cm³/mol. The molecule has 0 N–H and O–H groups in total. The van der Waals surface area contributed by atoms with Crippen molar-refractivity contribution < 1.29 is 4.21 Å². The van der Waals surface area contributed by atoms with Crippen molar-refractivity contribution in [3.63, 3.8) is 0 Å². The van der Waals surface area contributed by atoms with Gasteiger partial charge >= 0.3 is 73.7 Å². The molecule has 1 aromatic rings. The van der Waals surface area contributed by atoms with Crippen LogP contribution in [0.15, 0.2) is 47.2 Å². The second-order valence-electron chi connectivity index (χ2n) is 2.02. The Labute approximate surface area is 73.8 Å².